The molecule has 182 valence electrons. The maximum atomic E-state index is 12.6. The minimum absolute atomic E-state index is 0.114. The maximum absolute atomic E-state index is 12.6. The van der Waals surface area contributed by atoms with Crippen LogP contribution in [0.1, 0.15) is 56.0 Å². The summed E-state index contributed by atoms with van der Waals surface area (Å²) in [4.78, 5) is 24.4. The zero-order valence-corrected chi connectivity index (χ0v) is 19.4. The first kappa shape index (κ1) is 26.3. The van der Waals surface area contributed by atoms with E-state index in [1.807, 2.05) is 30.3 Å². The fourth-order valence-electron chi connectivity index (χ4n) is 3.14. The lowest BCUT2D eigenvalue weighted by Crippen LogP contribution is -2.50. The van der Waals surface area contributed by atoms with Gasteiger partial charge in [0.2, 0.25) is 5.91 Å². The van der Waals surface area contributed by atoms with Gasteiger partial charge in [-0.3, -0.25) is 4.79 Å². The van der Waals surface area contributed by atoms with Crippen LogP contribution in [0.2, 0.25) is 0 Å². The summed E-state index contributed by atoms with van der Waals surface area (Å²) in [6.07, 6.45) is 1.24. The van der Waals surface area contributed by atoms with E-state index in [0.717, 1.165) is 5.56 Å². The third kappa shape index (κ3) is 8.49. The highest BCUT2D eigenvalue weighted by Crippen LogP contribution is 2.27. The molecule has 0 bridgehead atoms. The molecular weight excluding hydrogens is 428 g/mol. The molecule has 0 radical (unpaired) electrons. The van der Waals surface area contributed by atoms with Gasteiger partial charge in [0.15, 0.2) is 0 Å². The van der Waals surface area contributed by atoms with E-state index in [0.29, 0.717) is 24.3 Å². The van der Waals surface area contributed by atoms with Gasteiger partial charge in [0, 0.05) is 24.6 Å². The van der Waals surface area contributed by atoms with Crippen molar-refractivity contribution >= 4 is 12.0 Å². The third-order valence-corrected chi connectivity index (χ3v) is 4.93. The second kappa shape index (κ2) is 12.9. The molecule has 0 saturated heterocycles. The van der Waals surface area contributed by atoms with Crippen LogP contribution < -0.4 is 16.4 Å². The fourth-order valence-corrected chi connectivity index (χ4v) is 3.14. The summed E-state index contributed by atoms with van der Waals surface area (Å²) in [6, 6.07) is 8.98. The molecule has 1 unspecified atom stereocenters. The molecule has 0 aliphatic heterocycles. The number of hydrogen-bond acceptors (Lipinski definition) is 8. The summed E-state index contributed by atoms with van der Waals surface area (Å²) < 4.78 is 16.0. The van der Waals surface area contributed by atoms with Crippen molar-refractivity contribution in [2.45, 2.75) is 51.3 Å². The fraction of sp³-hybridized carbons (Fsp3) is 0.522. The minimum atomic E-state index is -1.11. The van der Waals surface area contributed by atoms with Crippen LogP contribution in [-0.2, 0) is 20.9 Å². The van der Waals surface area contributed by atoms with Crippen molar-refractivity contribution in [2.75, 3.05) is 26.4 Å². The Morgan fingerprint density at radius 3 is 2.64 bits per heavy atom. The summed E-state index contributed by atoms with van der Waals surface area (Å²) in [5.41, 5.74) is 6.93. The number of carbonyl (C=O) groups is 2. The van der Waals surface area contributed by atoms with Crippen molar-refractivity contribution in [3.63, 3.8) is 0 Å². The van der Waals surface area contributed by atoms with Gasteiger partial charge in [-0.2, -0.15) is 0 Å². The number of benzene rings is 1. The Morgan fingerprint density at radius 2 is 2.00 bits per heavy atom. The van der Waals surface area contributed by atoms with Crippen LogP contribution in [0.15, 0.2) is 41.1 Å². The summed E-state index contributed by atoms with van der Waals surface area (Å²) in [6.45, 7) is 5.71. The van der Waals surface area contributed by atoms with Gasteiger partial charge >= 0.3 is 6.09 Å². The molecule has 0 aliphatic carbocycles. The molecule has 2 amide bonds. The van der Waals surface area contributed by atoms with Gasteiger partial charge in [-0.15, -0.1) is 0 Å². The number of nitrogens with one attached hydrogen (secondary N) is 2. The van der Waals surface area contributed by atoms with Crippen molar-refractivity contribution in [3.8, 4) is 0 Å². The Labute approximate surface area is 193 Å². The van der Waals surface area contributed by atoms with Crippen LogP contribution in [0.5, 0.6) is 0 Å². The molecule has 1 aromatic carbocycles. The maximum Gasteiger partial charge on any atom is 0.407 e. The highest BCUT2D eigenvalue weighted by molar-refractivity contribution is 5.85. The van der Waals surface area contributed by atoms with E-state index in [-0.39, 0.29) is 38.2 Å². The highest BCUT2D eigenvalue weighted by Gasteiger charge is 2.30. The predicted molar refractivity (Wildman–Crippen MR) is 121 cm³/mol. The molecular formula is C23H34N4O6. The molecule has 0 aliphatic rings. The van der Waals surface area contributed by atoms with E-state index in [1.54, 1.807) is 20.8 Å². The van der Waals surface area contributed by atoms with E-state index in [1.165, 1.54) is 6.26 Å². The number of hydrogen-bond donors (Lipinski definition) is 4. The van der Waals surface area contributed by atoms with Gasteiger partial charge in [-0.05, 0) is 32.8 Å². The lowest BCUT2D eigenvalue weighted by molar-refractivity contribution is -0.126. The molecule has 0 fully saturated rings. The van der Waals surface area contributed by atoms with Gasteiger partial charge in [0.1, 0.15) is 12.0 Å². The molecule has 33 heavy (non-hydrogen) atoms. The van der Waals surface area contributed by atoms with Crippen molar-refractivity contribution in [1.82, 2.24) is 15.8 Å². The Balaban J connectivity index is 2.21. The summed E-state index contributed by atoms with van der Waals surface area (Å²) in [5, 5.41) is 19.2. The number of aliphatic hydroxyl groups is 1. The lowest BCUT2D eigenvalue weighted by Gasteiger charge is -2.25. The number of nitrogens with two attached hydrogens (primary N) is 1. The van der Waals surface area contributed by atoms with E-state index in [9.17, 15) is 14.7 Å². The smallest absolute Gasteiger partial charge is 0.407 e. The van der Waals surface area contributed by atoms with Crippen molar-refractivity contribution < 1.29 is 28.7 Å². The average molecular weight is 463 g/mol. The molecule has 10 nitrogen and oxygen atoms in total. The summed E-state index contributed by atoms with van der Waals surface area (Å²) in [7, 11) is 0. The second-order valence-electron chi connectivity index (χ2n) is 8.21. The quantitative estimate of drug-likeness (QED) is 0.353. The van der Waals surface area contributed by atoms with Gasteiger partial charge in [-0.1, -0.05) is 35.5 Å². The Kier molecular flexibility index (Phi) is 10.3. The molecule has 1 heterocycles. The Hall–Kier alpha value is -2.95. The number of ether oxygens (including phenoxy) is 2. The number of aromatic nitrogens is 1. The lowest BCUT2D eigenvalue weighted by atomic mass is 9.93. The van der Waals surface area contributed by atoms with Gasteiger partial charge in [0.05, 0.1) is 31.4 Å². The van der Waals surface area contributed by atoms with Crippen molar-refractivity contribution in [3.05, 3.63) is 53.4 Å². The molecule has 2 aromatic rings. The normalized spacial score (nSPS) is 13.2. The third-order valence-electron chi connectivity index (χ3n) is 4.93. The predicted octanol–water partition coefficient (Wildman–Crippen LogP) is 2.00. The summed E-state index contributed by atoms with van der Waals surface area (Å²) >= 11 is 0. The van der Waals surface area contributed by atoms with E-state index in [2.05, 4.69) is 15.8 Å². The second-order valence-corrected chi connectivity index (χ2v) is 8.21. The number of amides is 2. The molecule has 0 saturated carbocycles. The van der Waals surface area contributed by atoms with Crippen LogP contribution in [0, 0.1) is 0 Å². The highest BCUT2D eigenvalue weighted by atomic mass is 16.5. The first-order chi connectivity index (χ1) is 15.8. The van der Waals surface area contributed by atoms with Crippen LogP contribution in [0.25, 0.3) is 0 Å². The largest absolute Gasteiger partial charge is 0.450 e. The molecule has 1 aromatic heterocycles. The van der Waals surface area contributed by atoms with Gasteiger partial charge in [0.25, 0.3) is 0 Å². The van der Waals surface area contributed by atoms with Crippen LogP contribution in [-0.4, -0.2) is 54.2 Å². The number of rotatable bonds is 13. The van der Waals surface area contributed by atoms with Crippen LogP contribution >= 0.6 is 0 Å². The number of carbonyl (C=O) groups excluding carboxylic acids is 2. The standard InChI is InChI=1S/C23H34N4O6/c1-4-32-22(30)25-12-17(10-11-28)18-14-33-27-20(18)19(26-21(29)23(2,3)24)15-31-13-16-8-6-5-7-9-16/h5-9,14,17,19,28H,4,10-13,15,24H2,1-3H3,(H,25,30)(H,26,29)/t17?,19-/m1/s1. The van der Waals surface area contributed by atoms with Crippen LogP contribution in [0.3, 0.4) is 0 Å². The molecule has 2 rings (SSSR count). The van der Waals surface area contributed by atoms with Crippen molar-refractivity contribution in [2.24, 2.45) is 5.73 Å². The number of aliphatic hydroxyl groups excluding tert-OH is 1. The zero-order chi connectivity index (χ0) is 24.3. The van der Waals surface area contributed by atoms with E-state index >= 15 is 0 Å². The van der Waals surface area contributed by atoms with Gasteiger partial charge < -0.3 is 35.5 Å². The molecule has 2 atom stereocenters. The topological polar surface area (TPSA) is 149 Å². The van der Waals surface area contributed by atoms with Gasteiger partial charge in [-0.25, -0.2) is 4.79 Å². The molecule has 0 spiro atoms. The first-order valence-corrected chi connectivity index (χ1v) is 10.9. The van der Waals surface area contributed by atoms with E-state index < -0.39 is 17.7 Å². The Bertz CT molecular complexity index is 865. The SMILES string of the molecule is CCOC(=O)NCC(CCO)c1conc1[C@@H](COCc1ccccc1)NC(=O)C(C)(C)N. The van der Waals surface area contributed by atoms with E-state index in [4.69, 9.17) is 19.7 Å². The first-order valence-electron chi connectivity index (χ1n) is 10.9. The van der Waals surface area contributed by atoms with Crippen LogP contribution in [0.4, 0.5) is 4.79 Å². The average Bonchev–Trinajstić information content (AvgIpc) is 3.25. The minimum Gasteiger partial charge on any atom is -0.450 e. The summed E-state index contributed by atoms with van der Waals surface area (Å²) in [5.74, 6) is -0.701. The Morgan fingerprint density at radius 1 is 1.27 bits per heavy atom. The number of alkyl carbamates (subject to hydrolysis) is 1. The molecule has 5 N–H and O–H groups in total. The van der Waals surface area contributed by atoms with Crippen molar-refractivity contribution in [1.29, 1.82) is 0 Å². The monoisotopic (exact) mass is 462 g/mol. The number of nitrogens with zero attached hydrogens (tertiary/aromatic N) is 1. The zero-order valence-electron chi connectivity index (χ0n) is 19.4. The molecule has 10 heteroatoms.